The zero-order chi connectivity index (χ0) is 20.1. The third kappa shape index (κ3) is 4.86. The molecule has 144 valence electrons. The molecule has 2 N–H and O–H groups in total. The van der Waals surface area contributed by atoms with E-state index in [4.69, 9.17) is 16.6 Å². The van der Waals surface area contributed by atoms with E-state index in [1.165, 1.54) is 11.1 Å². The van der Waals surface area contributed by atoms with Crippen molar-refractivity contribution in [2.45, 2.75) is 12.8 Å². The summed E-state index contributed by atoms with van der Waals surface area (Å²) in [5.74, 6) is -0.160. The zero-order valence-electron chi connectivity index (χ0n) is 15.6. The Kier molecular flexibility index (Phi) is 5.63. The minimum Gasteiger partial charge on any atom is -0.451 e. The van der Waals surface area contributed by atoms with Gasteiger partial charge in [0, 0.05) is 23.5 Å². The molecule has 2 heterocycles. The number of hydrogen-bond acceptors (Lipinski definition) is 4. The quantitative estimate of drug-likeness (QED) is 0.473. The smallest absolute Gasteiger partial charge is 0.293 e. The van der Waals surface area contributed by atoms with E-state index in [1.54, 1.807) is 12.3 Å². The highest BCUT2D eigenvalue weighted by atomic mass is 32.1. The molecule has 4 rings (SSSR count). The van der Waals surface area contributed by atoms with Crippen molar-refractivity contribution < 1.29 is 9.21 Å². The predicted molar refractivity (Wildman–Crippen MR) is 118 cm³/mol. The molecule has 0 aliphatic carbocycles. The summed E-state index contributed by atoms with van der Waals surface area (Å²) in [6.45, 7) is 0. The lowest BCUT2D eigenvalue weighted by atomic mass is 10.1. The van der Waals surface area contributed by atoms with Gasteiger partial charge in [0.1, 0.15) is 5.58 Å². The SMILES string of the molecule is O=C(NC(=S)Nc1cccc(CCc2cccnc2)c1)c1cc2ccccc2o1. The molecule has 4 aromatic rings. The average Bonchev–Trinajstić information content (AvgIpc) is 3.18. The predicted octanol–water partition coefficient (Wildman–Crippen LogP) is 4.74. The van der Waals surface area contributed by atoms with Crippen molar-refractivity contribution in [3.63, 3.8) is 0 Å². The second-order valence-electron chi connectivity index (χ2n) is 6.62. The summed E-state index contributed by atoms with van der Waals surface area (Å²) in [6.07, 6.45) is 5.45. The number of carbonyl (C=O) groups excluding carboxylic acids is 1. The van der Waals surface area contributed by atoms with Crippen LogP contribution in [0.15, 0.2) is 83.5 Å². The first-order chi connectivity index (χ1) is 14.2. The van der Waals surface area contributed by atoms with Crippen LogP contribution in [0, 0.1) is 0 Å². The van der Waals surface area contributed by atoms with E-state index in [-0.39, 0.29) is 16.8 Å². The Morgan fingerprint density at radius 2 is 1.79 bits per heavy atom. The lowest BCUT2D eigenvalue weighted by Gasteiger charge is -2.10. The molecule has 2 aromatic heterocycles. The van der Waals surface area contributed by atoms with Crippen LogP contribution in [0.1, 0.15) is 21.7 Å². The van der Waals surface area contributed by atoms with Crippen molar-refractivity contribution in [3.8, 4) is 0 Å². The van der Waals surface area contributed by atoms with Crippen LogP contribution in [0.4, 0.5) is 5.69 Å². The fraction of sp³-hybridized carbons (Fsp3) is 0.0870. The van der Waals surface area contributed by atoms with Gasteiger partial charge in [-0.15, -0.1) is 0 Å². The largest absolute Gasteiger partial charge is 0.451 e. The van der Waals surface area contributed by atoms with Crippen molar-refractivity contribution in [1.29, 1.82) is 0 Å². The van der Waals surface area contributed by atoms with Gasteiger partial charge in [-0.1, -0.05) is 36.4 Å². The monoisotopic (exact) mass is 401 g/mol. The molecule has 6 heteroatoms. The van der Waals surface area contributed by atoms with E-state index in [9.17, 15) is 4.79 Å². The van der Waals surface area contributed by atoms with Crippen LogP contribution in [-0.4, -0.2) is 16.0 Å². The van der Waals surface area contributed by atoms with Gasteiger partial charge in [0.05, 0.1) is 0 Å². The molecule has 0 aliphatic heterocycles. The molecular formula is C23H19N3O2S. The second kappa shape index (κ2) is 8.67. The van der Waals surface area contributed by atoms with Crippen molar-refractivity contribution in [1.82, 2.24) is 10.3 Å². The molecule has 5 nitrogen and oxygen atoms in total. The summed E-state index contributed by atoms with van der Waals surface area (Å²) in [5, 5.41) is 6.82. The third-order valence-corrected chi connectivity index (χ3v) is 4.69. The van der Waals surface area contributed by atoms with Gasteiger partial charge in [0.25, 0.3) is 5.91 Å². The minimum atomic E-state index is -0.383. The molecule has 0 saturated carbocycles. The number of rotatable bonds is 5. The lowest BCUT2D eigenvalue weighted by molar-refractivity contribution is 0.0953. The van der Waals surface area contributed by atoms with E-state index in [2.05, 4.69) is 27.8 Å². The number of benzene rings is 2. The summed E-state index contributed by atoms with van der Waals surface area (Å²) >= 11 is 5.28. The number of para-hydroxylation sites is 1. The van der Waals surface area contributed by atoms with Gasteiger partial charge < -0.3 is 9.73 Å². The highest BCUT2D eigenvalue weighted by molar-refractivity contribution is 7.80. The fourth-order valence-corrected chi connectivity index (χ4v) is 3.27. The lowest BCUT2D eigenvalue weighted by Crippen LogP contribution is -2.33. The first-order valence-electron chi connectivity index (χ1n) is 9.26. The Hall–Kier alpha value is -3.51. The summed E-state index contributed by atoms with van der Waals surface area (Å²) in [4.78, 5) is 16.5. The number of carbonyl (C=O) groups is 1. The summed E-state index contributed by atoms with van der Waals surface area (Å²) in [7, 11) is 0. The Balaban J connectivity index is 1.36. The van der Waals surface area contributed by atoms with Gasteiger partial charge in [-0.05, 0) is 66.5 Å². The second-order valence-corrected chi connectivity index (χ2v) is 7.03. The molecule has 0 spiro atoms. The highest BCUT2D eigenvalue weighted by Crippen LogP contribution is 2.19. The maximum atomic E-state index is 12.4. The van der Waals surface area contributed by atoms with Gasteiger partial charge in [0.15, 0.2) is 10.9 Å². The number of pyridine rings is 1. The minimum absolute atomic E-state index is 0.222. The maximum absolute atomic E-state index is 12.4. The molecule has 0 atom stereocenters. The number of aryl methyl sites for hydroxylation is 2. The van der Waals surface area contributed by atoms with Crippen molar-refractivity contribution in [2.75, 3.05) is 5.32 Å². The van der Waals surface area contributed by atoms with E-state index in [0.717, 1.165) is 23.9 Å². The summed E-state index contributed by atoms with van der Waals surface area (Å²) in [6, 6.07) is 21.1. The molecular weight excluding hydrogens is 382 g/mol. The number of hydrogen-bond donors (Lipinski definition) is 2. The van der Waals surface area contributed by atoms with E-state index >= 15 is 0 Å². The number of amides is 1. The highest BCUT2D eigenvalue weighted by Gasteiger charge is 2.13. The van der Waals surface area contributed by atoms with Gasteiger partial charge in [-0.2, -0.15) is 0 Å². The molecule has 0 fully saturated rings. The first-order valence-corrected chi connectivity index (χ1v) is 9.67. The van der Waals surface area contributed by atoms with Crippen LogP contribution in [0.2, 0.25) is 0 Å². The fourth-order valence-electron chi connectivity index (χ4n) is 3.06. The van der Waals surface area contributed by atoms with Crippen LogP contribution in [0.25, 0.3) is 11.0 Å². The zero-order valence-corrected chi connectivity index (χ0v) is 16.4. The standard InChI is InChI=1S/C23H19N3O2S/c27-22(21-14-18-7-1-2-9-20(18)28-21)26-23(29)25-19-8-3-5-16(13-19)10-11-17-6-4-12-24-15-17/h1-9,12-15H,10-11H2,(H2,25,26,27,29). The molecule has 29 heavy (non-hydrogen) atoms. The number of anilines is 1. The Morgan fingerprint density at radius 3 is 2.62 bits per heavy atom. The van der Waals surface area contributed by atoms with Crippen molar-refractivity contribution in [2.24, 2.45) is 0 Å². The van der Waals surface area contributed by atoms with Gasteiger partial charge in [-0.25, -0.2) is 0 Å². The molecule has 0 aliphatic rings. The molecule has 1 amide bonds. The van der Waals surface area contributed by atoms with Crippen LogP contribution >= 0.6 is 12.2 Å². The molecule has 0 unspecified atom stereocenters. The van der Waals surface area contributed by atoms with E-state index in [1.807, 2.05) is 54.7 Å². The number of furan rings is 1. The first kappa shape index (κ1) is 18.8. The molecule has 0 bridgehead atoms. The summed E-state index contributed by atoms with van der Waals surface area (Å²) in [5.41, 5.74) is 3.85. The Morgan fingerprint density at radius 1 is 0.966 bits per heavy atom. The van der Waals surface area contributed by atoms with Crippen LogP contribution in [0.3, 0.4) is 0 Å². The van der Waals surface area contributed by atoms with Crippen LogP contribution < -0.4 is 10.6 Å². The number of fused-ring (bicyclic) bond motifs is 1. The van der Waals surface area contributed by atoms with Gasteiger partial charge >= 0.3 is 0 Å². The Bertz CT molecular complexity index is 1120. The van der Waals surface area contributed by atoms with E-state index in [0.29, 0.717) is 5.58 Å². The number of thiocarbonyl (C=S) groups is 1. The number of nitrogens with one attached hydrogen (secondary N) is 2. The average molecular weight is 401 g/mol. The molecule has 0 saturated heterocycles. The van der Waals surface area contributed by atoms with Gasteiger partial charge in [0.2, 0.25) is 0 Å². The molecule has 2 aromatic carbocycles. The number of aromatic nitrogens is 1. The topological polar surface area (TPSA) is 67.2 Å². The van der Waals surface area contributed by atoms with Crippen molar-refractivity contribution >= 4 is 39.9 Å². The number of nitrogens with zero attached hydrogens (tertiary/aromatic N) is 1. The normalized spacial score (nSPS) is 10.6. The maximum Gasteiger partial charge on any atom is 0.293 e. The van der Waals surface area contributed by atoms with E-state index < -0.39 is 0 Å². The van der Waals surface area contributed by atoms with Crippen LogP contribution in [-0.2, 0) is 12.8 Å². The van der Waals surface area contributed by atoms with Crippen molar-refractivity contribution in [3.05, 3.63) is 96.0 Å². The summed E-state index contributed by atoms with van der Waals surface area (Å²) < 4.78 is 5.57. The Labute approximate surface area is 173 Å². The molecule has 0 radical (unpaired) electrons. The third-order valence-electron chi connectivity index (χ3n) is 4.49. The van der Waals surface area contributed by atoms with Gasteiger partial charge in [-0.3, -0.25) is 15.1 Å². The van der Waals surface area contributed by atoms with Crippen LogP contribution in [0.5, 0.6) is 0 Å².